The van der Waals surface area contributed by atoms with Crippen LogP contribution in [-0.4, -0.2) is 60.8 Å². The van der Waals surface area contributed by atoms with Gasteiger partial charge in [0.1, 0.15) is 11.4 Å². The number of nitrogens with zero attached hydrogens (tertiary/aromatic N) is 3. The normalized spacial score (nSPS) is 23.3. The van der Waals surface area contributed by atoms with Gasteiger partial charge in [0.25, 0.3) is 5.91 Å². The van der Waals surface area contributed by atoms with Crippen molar-refractivity contribution < 1.29 is 9.53 Å². The van der Waals surface area contributed by atoms with Crippen LogP contribution in [0.15, 0.2) is 24.3 Å². The maximum atomic E-state index is 12.6. The van der Waals surface area contributed by atoms with Crippen molar-refractivity contribution >= 4 is 29.0 Å². The molecule has 1 aliphatic carbocycles. The van der Waals surface area contributed by atoms with E-state index in [1.807, 2.05) is 12.1 Å². The number of nitrogens with two attached hydrogens (primary N) is 1. The van der Waals surface area contributed by atoms with Crippen molar-refractivity contribution in [3.05, 3.63) is 35.5 Å². The van der Waals surface area contributed by atoms with Crippen molar-refractivity contribution in [3.63, 3.8) is 0 Å². The van der Waals surface area contributed by atoms with Crippen molar-refractivity contribution in [2.24, 2.45) is 5.73 Å². The summed E-state index contributed by atoms with van der Waals surface area (Å²) in [5.74, 6) is 0.922. The zero-order valence-corrected chi connectivity index (χ0v) is 18.3. The molecule has 1 saturated carbocycles. The topological polar surface area (TPSA) is 117 Å². The first-order valence-corrected chi connectivity index (χ1v) is 11.6. The highest BCUT2D eigenvalue weighted by Gasteiger charge is 2.27. The third-order valence-corrected chi connectivity index (χ3v) is 6.50. The molecular formula is C23H31N7O2. The average molecular weight is 438 g/mol. The third kappa shape index (κ3) is 4.49. The molecule has 2 atom stereocenters. The fraction of sp³-hybridized carbons (Fsp3) is 0.522. The number of ether oxygens (including phenoxy) is 1. The molecule has 170 valence electrons. The first-order valence-electron chi connectivity index (χ1n) is 11.6. The molecule has 1 saturated heterocycles. The summed E-state index contributed by atoms with van der Waals surface area (Å²) in [4.78, 5) is 24.3. The van der Waals surface area contributed by atoms with Gasteiger partial charge in [0.15, 0.2) is 0 Å². The molecule has 1 aromatic carbocycles. The van der Waals surface area contributed by atoms with Gasteiger partial charge >= 0.3 is 0 Å². The smallest absolute Gasteiger partial charge is 0.256 e. The lowest BCUT2D eigenvalue weighted by atomic mass is 9.91. The third-order valence-electron chi connectivity index (χ3n) is 6.50. The molecule has 5 N–H and O–H groups in total. The number of nitrogens with one attached hydrogen (secondary N) is 3. The highest BCUT2D eigenvalue weighted by molar-refractivity contribution is 6.01. The van der Waals surface area contributed by atoms with E-state index in [2.05, 4.69) is 38.0 Å². The van der Waals surface area contributed by atoms with E-state index >= 15 is 0 Å². The molecule has 2 unspecified atom stereocenters. The number of carbonyl (C=O) groups is 1. The predicted octanol–water partition coefficient (Wildman–Crippen LogP) is 2.02. The molecule has 1 amide bonds. The molecule has 0 radical (unpaired) electrons. The first-order chi connectivity index (χ1) is 15.7. The number of amides is 1. The van der Waals surface area contributed by atoms with Crippen LogP contribution < -0.4 is 26.6 Å². The molecule has 3 heterocycles. The van der Waals surface area contributed by atoms with Crippen LogP contribution in [0.4, 0.5) is 23.1 Å². The van der Waals surface area contributed by atoms with Crippen LogP contribution in [-0.2, 0) is 11.2 Å². The lowest BCUT2D eigenvalue weighted by Gasteiger charge is -2.30. The van der Waals surface area contributed by atoms with Crippen LogP contribution >= 0.6 is 0 Å². The fourth-order valence-corrected chi connectivity index (χ4v) is 4.68. The molecular weight excluding hydrogens is 406 g/mol. The SMILES string of the molecule is NC1CCCCC1Nc1nc2c(c(Nc3ccc(N4CCOCC4)cc3)n1)C(=O)NCC2. The fourth-order valence-electron chi connectivity index (χ4n) is 4.68. The highest BCUT2D eigenvalue weighted by Crippen LogP contribution is 2.28. The minimum atomic E-state index is -0.139. The average Bonchev–Trinajstić information content (AvgIpc) is 2.82. The molecule has 2 aliphatic heterocycles. The Morgan fingerprint density at radius 3 is 2.66 bits per heavy atom. The summed E-state index contributed by atoms with van der Waals surface area (Å²) in [6.07, 6.45) is 5.01. The molecule has 9 heteroatoms. The number of morpholine rings is 1. The van der Waals surface area contributed by atoms with Crippen molar-refractivity contribution in [1.82, 2.24) is 15.3 Å². The standard InChI is InChI=1S/C23H31N7O2/c24-17-3-1-2-4-18(17)27-23-28-19-9-10-25-22(31)20(19)21(29-23)26-15-5-7-16(8-6-15)30-11-13-32-14-12-30/h5-8,17-18H,1-4,9-14,24H2,(H,25,31)(H2,26,27,28,29). The van der Waals surface area contributed by atoms with Crippen LogP contribution in [0.3, 0.4) is 0 Å². The minimum Gasteiger partial charge on any atom is -0.378 e. The van der Waals surface area contributed by atoms with Crippen molar-refractivity contribution in [2.45, 2.75) is 44.2 Å². The Balaban J connectivity index is 1.39. The van der Waals surface area contributed by atoms with Gasteiger partial charge in [-0.25, -0.2) is 4.98 Å². The molecule has 3 aliphatic rings. The van der Waals surface area contributed by atoms with Gasteiger partial charge in [0, 0.05) is 49.5 Å². The van der Waals surface area contributed by atoms with Gasteiger partial charge in [-0.2, -0.15) is 4.98 Å². The predicted molar refractivity (Wildman–Crippen MR) is 125 cm³/mol. The second kappa shape index (κ2) is 9.30. The molecule has 0 bridgehead atoms. The van der Waals surface area contributed by atoms with E-state index in [1.54, 1.807) is 0 Å². The summed E-state index contributed by atoms with van der Waals surface area (Å²) in [5, 5.41) is 9.70. The Hall–Kier alpha value is -2.91. The zero-order chi connectivity index (χ0) is 21.9. The second-order valence-electron chi connectivity index (χ2n) is 8.69. The Kier molecular flexibility index (Phi) is 6.09. The van der Waals surface area contributed by atoms with Gasteiger partial charge in [-0.3, -0.25) is 4.79 Å². The highest BCUT2D eigenvalue weighted by atomic mass is 16.5. The van der Waals surface area contributed by atoms with Crippen LogP contribution in [0, 0.1) is 0 Å². The molecule has 9 nitrogen and oxygen atoms in total. The maximum Gasteiger partial charge on any atom is 0.256 e. The van der Waals surface area contributed by atoms with Gasteiger partial charge in [-0.05, 0) is 37.1 Å². The summed E-state index contributed by atoms with van der Waals surface area (Å²) >= 11 is 0. The maximum absolute atomic E-state index is 12.6. The van der Waals surface area contributed by atoms with Gasteiger partial charge in [0.2, 0.25) is 5.95 Å². The van der Waals surface area contributed by atoms with E-state index in [4.69, 9.17) is 15.5 Å². The Bertz CT molecular complexity index is 960. The van der Waals surface area contributed by atoms with E-state index in [-0.39, 0.29) is 18.0 Å². The van der Waals surface area contributed by atoms with E-state index < -0.39 is 0 Å². The summed E-state index contributed by atoms with van der Waals surface area (Å²) < 4.78 is 5.44. The van der Waals surface area contributed by atoms with E-state index in [0.717, 1.165) is 69.1 Å². The summed E-state index contributed by atoms with van der Waals surface area (Å²) in [5.41, 5.74) is 9.64. The zero-order valence-electron chi connectivity index (χ0n) is 18.3. The Morgan fingerprint density at radius 2 is 1.88 bits per heavy atom. The molecule has 1 aromatic heterocycles. The number of fused-ring (bicyclic) bond motifs is 1. The van der Waals surface area contributed by atoms with Gasteiger partial charge < -0.3 is 31.3 Å². The Labute approximate surface area is 188 Å². The van der Waals surface area contributed by atoms with Crippen molar-refractivity contribution in [2.75, 3.05) is 48.4 Å². The number of hydrogen-bond acceptors (Lipinski definition) is 8. The largest absolute Gasteiger partial charge is 0.378 e. The van der Waals surface area contributed by atoms with Crippen molar-refractivity contribution in [3.8, 4) is 0 Å². The number of hydrogen-bond donors (Lipinski definition) is 4. The summed E-state index contributed by atoms with van der Waals surface area (Å²) in [6.45, 7) is 3.87. The van der Waals surface area contributed by atoms with Gasteiger partial charge in [0.05, 0.1) is 18.9 Å². The molecule has 0 spiro atoms. The molecule has 5 rings (SSSR count). The Morgan fingerprint density at radius 1 is 1.09 bits per heavy atom. The first kappa shape index (κ1) is 21.0. The number of rotatable bonds is 5. The van der Waals surface area contributed by atoms with Crippen molar-refractivity contribution in [1.29, 1.82) is 0 Å². The number of anilines is 4. The van der Waals surface area contributed by atoms with E-state index in [1.165, 1.54) is 0 Å². The molecule has 2 aromatic rings. The number of carbonyl (C=O) groups excluding carboxylic acids is 1. The minimum absolute atomic E-state index is 0.0934. The lowest BCUT2D eigenvalue weighted by Crippen LogP contribution is -2.43. The second-order valence-corrected chi connectivity index (χ2v) is 8.69. The van der Waals surface area contributed by atoms with E-state index in [9.17, 15) is 4.79 Å². The van der Waals surface area contributed by atoms with Gasteiger partial charge in [-0.1, -0.05) is 12.8 Å². The summed E-state index contributed by atoms with van der Waals surface area (Å²) in [7, 11) is 0. The van der Waals surface area contributed by atoms with Crippen LogP contribution in [0.2, 0.25) is 0 Å². The summed E-state index contributed by atoms with van der Waals surface area (Å²) in [6, 6.07) is 8.45. The lowest BCUT2D eigenvalue weighted by molar-refractivity contribution is 0.0945. The van der Waals surface area contributed by atoms with E-state index in [0.29, 0.717) is 30.3 Å². The van der Waals surface area contributed by atoms with Crippen LogP contribution in [0.1, 0.15) is 41.7 Å². The monoisotopic (exact) mass is 437 g/mol. The van der Waals surface area contributed by atoms with Crippen LogP contribution in [0.25, 0.3) is 0 Å². The number of benzene rings is 1. The number of aromatic nitrogens is 2. The quantitative estimate of drug-likeness (QED) is 0.561. The van der Waals surface area contributed by atoms with Gasteiger partial charge in [-0.15, -0.1) is 0 Å². The molecule has 32 heavy (non-hydrogen) atoms. The molecule has 2 fully saturated rings. The van der Waals surface area contributed by atoms with Crippen LogP contribution in [0.5, 0.6) is 0 Å².